The minimum Gasteiger partial charge on any atom is -0.495 e. The van der Waals surface area contributed by atoms with Gasteiger partial charge in [-0.2, -0.15) is 4.31 Å². The van der Waals surface area contributed by atoms with Gasteiger partial charge in [0, 0.05) is 19.0 Å². The van der Waals surface area contributed by atoms with Crippen LogP contribution in [0.1, 0.15) is 18.4 Å². The monoisotopic (exact) mass is 289 g/mol. The normalized spacial score (nSPS) is 17.0. The minimum absolute atomic E-state index is 0.223. The summed E-state index contributed by atoms with van der Waals surface area (Å²) in [6, 6.07) is 4.97. The number of rotatable bonds is 4. The summed E-state index contributed by atoms with van der Waals surface area (Å²) in [6.07, 6.45) is 1.84. The first-order chi connectivity index (χ1) is 8.59. The largest absolute Gasteiger partial charge is 0.495 e. The summed E-state index contributed by atoms with van der Waals surface area (Å²) in [4.78, 5) is 0.223. The van der Waals surface area contributed by atoms with Crippen molar-refractivity contribution >= 4 is 21.6 Å². The zero-order valence-corrected chi connectivity index (χ0v) is 11.8. The third kappa shape index (κ3) is 2.48. The number of benzene rings is 1. The number of nitrogens with zero attached hydrogens (tertiary/aromatic N) is 1. The fraction of sp³-hybridized carbons (Fsp3) is 0.500. The molecule has 1 aliphatic heterocycles. The number of ether oxygens (including phenoxy) is 1. The Morgan fingerprint density at radius 2 is 2.00 bits per heavy atom. The van der Waals surface area contributed by atoms with Crippen LogP contribution in [0, 0.1) is 0 Å². The third-order valence-electron chi connectivity index (χ3n) is 3.07. The van der Waals surface area contributed by atoms with Gasteiger partial charge in [-0.15, -0.1) is 11.6 Å². The molecule has 1 heterocycles. The molecule has 0 atom stereocenters. The average molecular weight is 290 g/mol. The molecule has 1 aromatic rings. The molecule has 1 saturated heterocycles. The second kappa shape index (κ2) is 5.47. The molecular weight excluding hydrogens is 274 g/mol. The Morgan fingerprint density at radius 3 is 2.56 bits per heavy atom. The molecule has 1 fully saturated rings. The summed E-state index contributed by atoms with van der Waals surface area (Å²) in [6.45, 7) is 1.17. The van der Waals surface area contributed by atoms with Crippen molar-refractivity contribution in [2.45, 2.75) is 23.6 Å². The molecule has 2 rings (SSSR count). The lowest BCUT2D eigenvalue weighted by molar-refractivity contribution is 0.398. The van der Waals surface area contributed by atoms with E-state index in [9.17, 15) is 8.42 Å². The van der Waals surface area contributed by atoms with Crippen LogP contribution in [0.5, 0.6) is 5.75 Å². The Hall–Kier alpha value is -0.780. The first kappa shape index (κ1) is 13.6. The van der Waals surface area contributed by atoms with E-state index in [1.54, 1.807) is 18.2 Å². The second-order valence-corrected chi connectivity index (χ2v) is 6.40. The number of hydrogen-bond donors (Lipinski definition) is 0. The van der Waals surface area contributed by atoms with Gasteiger partial charge < -0.3 is 4.74 Å². The summed E-state index contributed by atoms with van der Waals surface area (Å²) in [7, 11) is -1.97. The Morgan fingerprint density at radius 1 is 1.33 bits per heavy atom. The molecule has 0 aliphatic carbocycles. The summed E-state index contributed by atoms with van der Waals surface area (Å²) < 4.78 is 31.5. The van der Waals surface area contributed by atoms with E-state index >= 15 is 0 Å². The van der Waals surface area contributed by atoms with Gasteiger partial charge in [0.15, 0.2) is 0 Å². The van der Waals surface area contributed by atoms with Crippen LogP contribution in [0.2, 0.25) is 0 Å². The van der Waals surface area contributed by atoms with Gasteiger partial charge in [-0.25, -0.2) is 8.42 Å². The summed E-state index contributed by atoms with van der Waals surface area (Å²) >= 11 is 5.73. The van der Waals surface area contributed by atoms with Crippen LogP contribution in [0.3, 0.4) is 0 Å². The van der Waals surface area contributed by atoms with Crippen molar-refractivity contribution in [3.05, 3.63) is 23.8 Å². The number of halogens is 1. The van der Waals surface area contributed by atoms with E-state index in [1.165, 1.54) is 11.4 Å². The molecule has 0 unspecified atom stereocenters. The lowest BCUT2D eigenvalue weighted by Crippen LogP contribution is -2.28. The topological polar surface area (TPSA) is 46.6 Å². The van der Waals surface area contributed by atoms with E-state index in [0.29, 0.717) is 24.7 Å². The van der Waals surface area contributed by atoms with Crippen molar-refractivity contribution in [3.63, 3.8) is 0 Å². The highest BCUT2D eigenvalue weighted by Gasteiger charge is 2.29. The van der Waals surface area contributed by atoms with Crippen LogP contribution in [0.25, 0.3) is 0 Å². The van der Waals surface area contributed by atoms with Gasteiger partial charge >= 0.3 is 0 Å². The van der Waals surface area contributed by atoms with Crippen molar-refractivity contribution in [1.82, 2.24) is 4.31 Å². The maximum absolute atomic E-state index is 12.4. The van der Waals surface area contributed by atoms with E-state index in [2.05, 4.69) is 0 Å². The van der Waals surface area contributed by atoms with Crippen molar-refractivity contribution in [1.29, 1.82) is 0 Å². The molecule has 0 saturated carbocycles. The van der Waals surface area contributed by atoms with E-state index in [1.807, 2.05) is 0 Å². The highest BCUT2D eigenvalue weighted by molar-refractivity contribution is 7.89. The molecule has 1 aromatic carbocycles. The predicted octanol–water partition coefficient (Wildman–Crippen LogP) is 2.22. The van der Waals surface area contributed by atoms with Crippen molar-refractivity contribution in [2.75, 3.05) is 20.2 Å². The van der Waals surface area contributed by atoms with Gasteiger partial charge in [-0.3, -0.25) is 0 Å². The first-order valence-corrected chi connectivity index (χ1v) is 7.80. The molecule has 0 N–H and O–H groups in total. The number of alkyl halides is 1. The van der Waals surface area contributed by atoms with E-state index in [4.69, 9.17) is 16.3 Å². The molecule has 6 heteroatoms. The first-order valence-electron chi connectivity index (χ1n) is 5.82. The lowest BCUT2D eigenvalue weighted by Gasteiger charge is -2.17. The summed E-state index contributed by atoms with van der Waals surface area (Å²) in [5.41, 5.74) is 0.842. The van der Waals surface area contributed by atoms with Gasteiger partial charge in [-0.05, 0) is 30.5 Å². The smallest absolute Gasteiger partial charge is 0.246 e. The molecule has 4 nitrogen and oxygen atoms in total. The molecule has 0 aromatic heterocycles. The number of methoxy groups -OCH3 is 1. The van der Waals surface area contributed by atoms with Gasteiger partial charge in [0.1, 0.15) is 10.6 Å². The maximum Gasteiger partial charge on any atom is 0.246 e. The van der Waals surface area contributed by atoms with Gasteiger partial charge in [0.05, 0.1) is 7.11 Å². The minimum atomic E-state index is -3.44. The van der Waals surface area contributed by atoms with Crippen molar-refractivity contribution < 1.29 is 13.2 Å². The van der Waals surface area contributed by atoms with Crippen molar-refractivity contribution in [2.24, 2.45) is 0 Å². The highest BCUT2D eigenvalue weighted by atomic mass is 35.5. The van der Waals surface area contributed by atoms with E-state index < -0.39 is 10.0 Å². The Labute approximate surface area is 113 Å². The molecular formula is C12H16ClNO3S. The molecule has 0 bridgehead atoms. The SMILES string of the molecule is COc1cc(CCl)ccc1S(=O)(=O)N1CCCC1. The summed E-state index contributed by atoms with van der Waals surface area (Å²) in [5, 5.41) is 0. The Bertz CT molecular complexity index is 524. The fourth-order valence-electron chi connectivity index (χ4n) is 2.08. The Balaban J connectivity index is 2.43. The zero-order valence-electron chi connectivity index (χ0n) is 10.2. The van der Waals surface area contributed by atoms with Gasteiger partial charge in [0.25, 0.3) is 0 Å². The van der Waals surface area contributed by atoms with Crippen LogP contribution >= 0.6 is 11.6 Å². The van der Waals surface area contributed by atoms with Gasteiger partial charge in [0.2, 0.25) is 10.0 Å². The van der Waals surface area contributed by atoms with Crippen molar-refractivity contribution in [3.8, 4) is 5.75 Å². The standard InChI is InChI=1S/C12H16ClNO3S/c1-17-11-8-10(9-13)4-5-12(11)18(15,16)14-6-2-3-7-14/h4-5,8H,2-3,6-7,9H2,1H3. The number of hydrogen-bond acceptors (Lipinski definition) is 3. The average Bonchev–Trinajstić information content (AvgIpc) is 2.92. The molecule has 1 aliphatic rings. The van der Waals surface area contributed by atoms with Crippen LogP contribution in [0.4, 0.5) is 0 Å². The third-order valence-corrected chi connectivity index (χ3v) is 5.31. The molecule has 100 valence electrons. The molecule has 0 spiro atoms. The van der Waals surface area contributed by atoms with E-state index in [0.717, 1.165) is 18.4 Å². The molecule has 18 heavy (non-hydrogen) atoms. The number of sulfonamides is 1. The van der Waals surface area contributed by atoms with Crippen LogP contribution in [-0.4, -0.2) is 32.9 Å². The van der Waals surface area contributed by atoms with Crippen LogP contribution in [-0.2, 0) is 15.9 Å². The van der Waals surface area contributed by atoms with Crippen LogP contribution < -0.4 is 4.74 Å². The quantitative estimate of drug-likeness (QED) is 0.799. The Kier molecular flexibility index (Phi) is 4.14. The molecule has 0 radical (unpaired) electrons. The summed E-state index contributed by atoms with van der Waals surface area (Å²) in [5.74, 6) is 0.695. The van der Waals surface area contributed by atoms with Gasteiger partial charge in [-0.1, -0.05) is 6.07 Å². The molecule has 0 amide bonds. The lowest BCUT2D eigenvalue weighted by atomic mass is 10.2. The predicted molar refractivity (Wildman–Crippen MR) is 70.5 cm³/mol. The fourth-order valence-corrected chi connectivity index (χ4v) is 3.90. The zero-order chi connectivity index (χ0) is 13.2. The second-order valence-electron chi connectivity index (χ2n) is 4.23. The van der Waals surface area contributed by atoms with E-state index in [-0.39, 0.29) is 4.90 Å². The highest BCUT2D eigenvalue weighted by Crippen LogP contribution is 2.30. The maximum atomic E-state index is 12.4. The van der Waals surface area contributed by atoms with Crippen LogP contribution in [0.15, 0.2) is 23.1 Å².